The summed E-state index contributed by atoms with van der Waals surface area (Å²) < 4.78 is 11.1. The van der Waals surface area contributed by atoms with Gasteiger partial charge < -0.3 is 20.5 Å². The van der Waals surface area contributed by atoms with Crippen molar-refractivity contribution in [2.24, 2.45) is 0 Å². The van der Waals surface area contributed by atoms with Crippen molar-refractivity contribution < 1.29 is 14.3 Å². The third-order valence-electron chi connectivity index (χ3n) is 6.26. The summed E-state index contributed by atoms with van der Waals surface area (Å²) in [4.78, 5) is 15.8. The molecular weight excluding hydrogens is 426 g/mol. The van der Waals surface area contributed by atoms with Gasteiger partial charge in [-0.3, -0.25) is 9.69 Å². The fourth-order valence-electron chi connectivity index (χ4n) is 4.69. The molecule has 0 radical (unpaired) electrons. The number of nitrogens with zero attached hydrogens (tertiary/aromatic N) is 1. The lowest BCUT2D eigenvalue weighted by Crippen LogP contribution is -2.43. The van der Waals surface area contributed by atoms with Crippen molar-refractivity contribution in [3.8, 4) is 11.5 Å². The van der Waals surface area contributed by atoms with E-state index in [1.54, 1.807) is 32.4 Å². The third-order valence-corrected chi connectivity index (χ3v) is 6.59. The Morgan fingerprint density at radius 2 is 1.66 bits per heavy atom. The molecule has 7 heteroatoms. The lowest BCUT2D eigenvalue weighted by atomic mass is 9.81. The zero-order valence-electron chi connectivity index (χ0n) is 19.7. The van der Waals surface area contributed by atoms with Crippen molar-refractivity contribution >= 4 is 23.2 Å². The summed E-state index contributed by atoms with van der Waals surface area (Å²) in [7, 11) is 3.20. The molecule has 174 valence electrons. The van der Waals surface area contributed by atoms with Gasteiger partial charge in [-0.25, -0.2) is 0 Å². The number of rotatable bonds is 8. The largest absolute Gasteiger partial charge is 0.493 e. The van der Waals surface area contributed by atoms with E-state index in [9.17, 15) is 4.79 Å². The first-order chi connectivity index (χ1) is 15.2. The molecule has 0 saturated carbocycles. The number of fused-ring (bicyclic) bond motifs is 1. The summed E-state index contributed by atoms with van der Waals surface area (Å²) in [6.45, 7) is 9.52. The third kappa shape index (κ3) is 4.66. The number of benzene rings is 2. The summed E-state index contributed by atoms with van der Waals surface area (Å²) in [5, 5.41) is 3.69. The molecule has 1 amide bonds. The molecule has 2 atom stereocenters. The fourth-order valence-corrected chi connectivity index (χ4v) is 4.98. The number of amides is 1. The molecule has 1 aliphatic rings. The van der Waals surface area contributed by atoms with Gasteiger partial charge in [-0.15, -0.1) is 0 Å². The molecular formula is C25H34ClN3O3. The molecule has 6 nitrogen and oxygen atoms in total. The predicted molar refractivity (Wildman–Crippen MR) is 130 cm³/mol. The molecule has 2 unspecified atom stereocenters. The van der Waals surface area contributed by atoms with Crippen LogP contribution in [-0.2, 0) is 4.79 Å². The van der Waals surface area contributed by atoms with Crippen LogP contribution in [0.2, 0.25) is 5.02 Å². The zero-order chi connectivity index (χ0) is 23.6. The SMILES string of the molecule is COc1cc2c(cc1OC)C(c1c(N)cccc1Cl)NC(=O)C2CCN(C(C)C)C(C)C. The van der Waals surface area contributed by atoms with E-state index in [0.29, 0.717) is 46.3 Å². The molecule has 32 heavy (non-hydrogen) atoms. The Bertz CT molecular complexity index is 949. The zero-order valence-corrected chi connectivity index (χ0v) is 20.5. The highest BCUT2D eigenvalue weighted by atomic mass is 35.5. The average molecular weight is 460 g/mol. The first-order valence-electron chi connectivity index (χ1n) is 11.0. The summed E-state index contributed by atoms with van der Waals surface area (Å²) >= 11 is 6.52. The highest BCUT2D eigenvalue weighted by Gasteiger charge is 2.37. The topological polar surface area (TPSA) is 76.8 Å². The molecule has 0 fully saturated rings. The summed E-state index contributed by atoms with van der Waals surface area (Å²) in [6.07, 6.45) is 0.690. The molecule has 0 spiro atoms. The Kier molecular flexibility index (Phi) is 7.57. The lowest BCUT2D eigenvalue weighted by Gasteiger charge is -2.36. The van der Waals surface area contributed by atoms with E-state index < -0.39 is 6.04 Å². The Labute approximate surface area is 196 Å². The molecule has 2 aromatic carbocycles. The number of anilines is 1. The summed E-state index contributed by atoms with van der Waals surface area (Å²) in [5.41, 5.74) is 9.36. The standard InChI is InChI=1S/C25H34ClN3O3/c1-14(2)29(15(3)4)11-10-16-17-12-21(31-5)22(32-6)13-18(17)24(28-25(16)30)23-19(26)8-7-9-20(23)27/h7-9,12-16,24H,10-11,27H2,1-6H3,(H,28,30). The van der Waals surface area contributed by atoms with E-state index in [0.717, 1.165) is 17.7 Å². The van der Waals surface area contributed by atoms with Crippen molar-refractivity contribution in [3.05, 3.63) is 52.0 Å². The molecule has 1 heterocycles. The minimum absolute atomic E-state index is 0.0403. The second-order valence-corrected chi connectivity index (χ2v) is 9.19. The van der Waals surface area contributed by atoms with Crippen LogP contribution in [0.15, 0.2) is 30.3 Å². The van der Waals surface area contributed by atoms with Crippen LogP contribution in [-0.4, -0.2) is 43.7 Å². The van der Waals surface area contributed by atoms with Crippen LogP contribution < -0.4 is 20.5 Å². The van der Waals surface area contributed by atoms with Crippen LogP contribution in [0.5, 0.6) is 11.5 Å². The molecule has 1 aliphatic heterocycles. The summed E-state index contributed by atoms with van der Waals surface area (Å²) in [6, 6.07) is 9.55. The number of halogens is 1. The quantitative estimate of drug-likeness (QED) is 0.557. The van der Waals surface area contributed by atoms with Gasteiger partial charge in [0.05, 0.1) is 26.2 Å². The van der Waals surface area contributed by atoms with Crippen LogP contribution in [0.4, 0.5) is 5.69 Å². The minimum atomic E-state index is -0.464. The van der Waals surface area contributed by atoms with Crippen molar-refractivity contribution in [3.63, 3.8) is 0 Å². The van der Waals surface area contributed by atoms with Gasteiger partial charge in [-0.2, -0.15) is 0 Å². The van der Waals surface area contributed by atoms with E-state index in [1.807, 2.05) is 12.1 Å². The number of carbonyl (C=O) groups is 1. The monoisotopic (exact) mass is 459 g/mol. The molecule has 3 rings (SSSR count). The van der Waals surface area contributed by atoms with Crippen LogP contribution >= 0.6 is 11.6 Å². The van der Waals surface area contributed by atoms with Gasteiger partial charge in [-0.05, 0) is 76.1 Å². The van der Waals surface area contributed by atoms with Crippen LogP contribution in [0.3, 0.4) is 0 Å². The molecule has 2 aromatic rings. The van der Waals surface area contributed by atoms with Crippen molar-refractivity contribution in [2.45, 2.75) is 58.2 Å². The first kappa shape index (κ1) is 24.2. The maximum absolute atomic E-state index is 13.4. The number of carbonyl (C=O) groups excluding carboxylic acids is 1. The average Bonchev–Trinajstić information content (AvgIpc) is 2.74. The number of methoxy groups -OCH3 is 2. The Balaban J connectivity index is 2.10. The maximum Gasteiger partial charge on any atom is 0.228 e. The number of nitrogens with one attached hydrogen (secondary N) is 1. The number of nitrogen functional groups attached to an aromatic ring is 1. The van der Waals surface area contributed by atoms with E-state index in [4.69, 9.17) is 26.8 Å². The molecule has 0 aliphatic carbocycles. The number of ether oxygens (including phenoxy) is 2. The lowest BCUT2D eigenvalue weighted by molar-refractivity contribution is -0.124. The van der Waals surface area contributed by atoms with Gasteiger partial charge in [0.15, 0.2) is 11.5 Å². The van der Waals surface area contributed by atoms with Gasteiger partial charge in [0.2, 0.25) is 5.91 Å². The first-order valence-corrected chi connectivity index (χ1v) is 11.4. The van der Waals surface area contributed by atoms with Gasteiger partial charge in [0, 0.05) is 28.4 Å². The molecule has 0 bridgehead atoms. The van der Waals surface area contributed by atoms with Gasteiger partial charge in [-0.1, -0.05) is 17.7 Å². The molecule has 3 N–H and O–H groups in total. The highest BCUT2D eigenvalue weighted by molar-refractivity contribution is 6.31. The Morgan fingerprint density at radius 3 is 2.19 bits per heavy atom. The number of nitrogens with two attached hydrogens (primary N) is 1. The minimum Gasteiger partial charge on any atom is -0.493 e. The van der Waals surface area contributed by atoms with Crippen LogP contribution in [0, 0.1) is 0 Å². The number of hydrogen-bond acceptors (Lipinski definition) is 5. The van der Waals surface area contributed by atoms with E-state index >= 15 is 0 Å². The second-order valence-electron chi connectivity index (χ2n) is 8.79. The smallest absolute Gasteiger partial charge is 0.228 e. The highest BCUT2D eigenvalue weighted by Crippen LogP contribution is 2.44. The van der Waals surface area contributed by atoms with E-state index in [1.165, 1.54) is 0 Å². The predicted octanol–water partition coefficient (Wildman–Crippen LogP) is 4.75. The normalized spacial score (nSPS) is 18.1. The summed E-state index contributed by atoms with van der Waals surface area (Å²) in [5.74, 6) is 0.843. The van der Waals surface area contributed by atoms with Crippen molar-refractivity contribution in [1.82, 2.24) is 10.2 Å². The van der Waals surface area contributed by atoms with E-state index in [-0.39, 0.29) is 11.8 Å². The number of hydrogen-bond donors (Lipinski definition) is 2. The van der Waals surface area contributed by atoms with Crippen LogP contribution in [0.25, 0.3) is 0 Å². The van der Waals surface area contributed by atoms with Gasteiger partial charge >= 0.3 is 0 Å². The molecule has 0 aromatic heterocycles. The van der Waals surface area contributed by atoms with Gasteiger partial charge in [0.25, 0.3) is 0 Å². The second kappa shape index (κ2) is 10.0. The molecule has 0 saturated heterocycles. The van der Waals surface area contributed by atoms with E-state index in [2.05, 4.69) is 37.9 Å². The van der Waals surface area contributed by atoms with Crippen LogP contribution in [0.1, 0.15) is 62.8 Å². The maximum atomic E-state index is 13.4. The van der Waals surface area contributed by atoms with Gasteiger partial charge in [0.1, 0.15) is 0 Å². The Hall–Kier alpha value is -2.44. The van der Waals surface area contributed by atoms with Crippen molar-refractivity contribution in [1.29, 1.82) is 0 Å². The van der Waals surface area contributed by atoms with Crippen molar-refractivity contribution in [2.75, 3.05) is 26.5 Å². The fraction of sp³-hybridized carbons (Fsp3) is 0.480. The Morgan fingerprint density at radius 1 is 1.06 bits per heavy atom.